The zero-order valence-electron chi connectivity index (χ0n) is 18.9. The van der Waals surface area contributed by atoms with Gasteiger partial charge in [-0.15, -0.1) is 0 Å². The van der Waals surface area contributed by atoms with Gasteiger partial charge >= 0.3 is 0 Å². The number of nitrogens with one attached hydrogen (secondary N) is 1. The Labute approximate surface area is 189 Å². The van der Waals surface area contributed by atoms with E-state index in [0.717, 1.165) is 49.2 Å². The first-order valence-corrected chi connectivity index (χ1v) is 11.3. The van der Waals surface area contributed by atoms with Gasteiger partial charge in [0.25, 0.3) is 5.91 Å². The summed E-state index contributed by atoms with van der Waals surface area (Å²) < 4.78 is 16.7. The predicted octanol–water partition coefficient (Wildman–Crippen LogP) is 4.77. The van der Waals surface area contributed by atoms with Gasteiger partial charge < -0.3 is 24.4 Å². The van der Waals surface area contributed by atoms with E-state index in [2.05, 4.69) is 23.5 Å². The van der Waals surface area contributed by atoms with Crippen molar-refractivity contribution in [3.8, 4) is 17.2 Å². The fraction of sp³-hybridized carbons (Fsp3) is 0.423. The molecule has 1 fully saturated rings. The van der Waals surface area contributed by atoms with Crippen LogP contribution >= 0.6 is 0 Å². The smallest absolute Gasteiger partial charge is 0.255 e. The summed E-state index contributed by atoms with van der Waals surface area (Å²) in [5.41, 5.74) is 3.99. The fourth-order valence-electron chi connectivity index (χ4n) is 5.50. The summed E-state index contributed by atoms with van der Waals surface area (Å²) in [6.45, 7) is 1.68. The maximum absolute atomic E-state index is 13.4. The Bertz CT molecular complexity index is 1030. The van der Waals surface area contributed by atoms with Crippen LogP contribution < -0.4 is 19.5 Å². The van der Waals surface area contributed by atoms with Crippen molar-refractivity contribution in [3.63, 3.8) is 0 Å². The SMILES string of the molecule is COc1cc(C2Nc3c(C(=O)N4CCCC4)cccc3C3C=CCC32)cc(OC)c1OC. The molecule has 3 aliphatic rings. The van der Waals surface area contributed by atoms with Crippen molar-refractivity contribution < 1.29 is 19.0 Å². The van der Waals surface area contributed by atoms with Crippen LogP contribution in [0.15, 0.2) is 42.5 Å². The molecular weight excluding hydrogens is 404 g/mol. The summed E-state index contributed by atoms with van der Waals surface area (Å²) in [5, 5.41) is 3.76. The van der Waals surface area contributed by atoms with E-state index in [4.69, 9.17) is 14.2 Å². The summed E-state index contributed by atoms with van der Waals surface area (Å²) >= 11 is 0. The summed E-state index contributed by atoms with van der Waals surface area (Å²) in [5.74, 6) is 2.60. The van der Waals surface area contributed by atoms with Gasteiger partial charge in [0.2, 0.25) is 5.75 Å². The minimum atomic E-state index is 0.0173. The lowest BCUT2D eigenvalue weighted by Gasteiger charge is -2.39. The largest absolute Gasteiger partial charge is 0.493 e. The molecule has 2 aromatic rings. The molecule has 5 rings (SSSR count). The lowest BCUT2D eigenvalue weighted by molar-refractivity contribution is 0.0793. The number of hydrogen-bond acceptors (Lipinski definition) is 5. The van der Waals surface area contributed by atoms with E-state index in [1.807, 2.05) is 29.2 Å². The Morgan fingerprint density at radius 2 is 1.75 bits per heavy atom. The van der Waals surface area contributed by atoms with Crippen LogP contribution in [0.3, 0.4) is 0 Å². The number of carbonyl (C=O) groups is 1. The van der Waals surface area contributed by atoms with E-state index >= 15 is 0 Å². The molecule has 0 aromatic heterocycles. The average Bonchev–Trinajstić information content (AvgIpc) is 3.54. The first-order chi connectivity index (χ1) is 15.7. The Morgan fingerprint density at radius 3 is 2.41 bits per heavy atom. The number of likely N-dealkylation sites (tertiary alicyclic amines) is 1. The first-order valence-electron chi connectivity index (χ1n) is 11.3. The number of nitrogens with zero attached hydrogens (tertiary/aromatic N) is 1. The molecule has 1 saturated heterocycles. The second-order valence-corrected chi connectivity index (χ2v) is 8.70. The molecule has 0 radical (unpaired) electrons. The minimum Gasteiger partial charge on any atom is -0.493 e. The molecule has 0 bridgehead atoms. The number of allylic oxidation sites excluding steroid dienone is 2. The molecular formula is C26H30N2O4. The molecule has 1 N–H and O–H groups in total. The van der Waals surface area contributed by atoms with Gasteiger partial charge in [0.15, 0.2) is 11.5 Å². The van der Waals surface area contributed by atoms with Crippen LogP contribution in [0.4, 0.5) is 5.69 Å². The summed E-state index contributed by atoms with van der Waals surface area (Å²) in [6, 6.07) is 10.2. The van der Waals surface area contributed by atoms with Gasteiger partial charge in [-0.25, -0.2) is 0 Å². The monoisotopic (exact) mass is 434 g/mol. The van der Waals surface area contributed by atoms with E-state index in [1.54, 1.807) is 21.3 Å². The molecule has 168 valence electrons. The Balaban J connectivity index is 1.59. The van der Waals surface area contributed by atoms with E-state index < -0.39 is 0 Å². The Hall–Kier alpha value is -3.15. The number of amides is 1. The first kappa shape index (κ1) is 20.7. The highest BCUT2D eigenvalue weighted by Crippen LogP contribution is 2.52. The molecule has 2 aliphatic heterocycles. The molecule has 3 unspecified atom stereocenters. The van der Waals surface area contributed by atoms with Gasteiger partial charge in [0.1, 0.15) is 0 Å². The van der Waals surface area contributed by atoms with Crippen molar-refractivity contribution in [2.45, 2.75) is 31.2 Å². The molecule has 2 aromatic carbocycles. The van der Waals surface area contributed by atoms with Crippen molar-refractivity contribution in [1.82, 2.24) is 4.90 Å². The molecule has 1 aliphatic carbocycles. The molecule has 0 saturated carbocycles. The number of hydrogen-bond donors (Lipinski definition) is 1. The number of fused-ring (bicyclic) bond motifs is 3. The fourth-order valence-corrected chi connectivity index (χ4v) is 5.50. The van der Waals surface area contributed by atoms with Crippen molar-refractivity contribution >= 4 is 11.6 Å². The van der Waals surface area contributed by atoms with E-state index in [9.17, 15) is 4.79 Å². The zero-order chi connectivity index (χ0) is 22.2. The molecule has 32 heavy (non-hydrogen) atoms. The van der Waals surface area contributed by atoms with Crippen molar-refractivity contribution in [2.24, 2.45) is 5.92 Å². The highest BCUT2D eigenvalue weighted by atomic mass is 16.5. The van der Waals surface area contributed by atoms with Crippen LogP contribution in [-0.4, -0.2) is 45.2 Å². The predicted molar refractivity (Wildman–Crippen MR) is 124 cm³/mol. The standard InChI is InChI=1S/C26H30N2O4/c1-30-21-14-16(15-22(31-2)25(21)32-3)23-18-9-6-8-17(18)19-10-7-11-20(24(19)27-23)26(29)28-12-4-5-13-28/h6-8,10-11,14-15,17-18,23,27H,4-5,9,12-13H2,1-3H3. The third kappa shape index (κ3) is 3.29. The molecule has 1 amide bonds. The quantitative estimate of drug-likeness (QED) is 0.687. The maximum atomic E-state index is 13.4. The van der Waals surface area contributed by atoms with Crippen molar-refractivity contribution in [3.05, 3.63) is 59.2 Å². The molecule has 6 heteroatoms. The maximum Gasteiger partial charge on any atom is 0.255 e. The van der Waals surface area contributed by atoms with Gasteiger partial charge in [0, 0.05) is 19.0 Å². The average molecular weight is 435 g/mol. The zero-order valence-corrected chi connectivity index (χ0v) is 18.9. The molecule has 2 heterocycles. The van der Waals surface area contributed by atoms with Crippen LogP contribution in [-0.2, 0) is 0 Å². The molecule has 6 nitrogen and oxygen atoms in total. The number of ether oxygens (including phenoxy) is 3. The second-order valence-electron chi connectivity index (χ2n) is 8.70. The number of anilines is 1. The lowest BCUT2D eigenvalue weighted by atomic mass is 9.76. The van der Waals surface area contributed by atoms with Crippen LogP contribution in [0.1, 0.15) is 52.7 Å². The van der Waals surface area contributed by atoms with Gasteiger partial charge in [-0.3, -0.25) is 4.79 Å². The number of benzene rings is 2. The second kappa shape index (κ2) is 8.41. The van der Waals surface area contributed by atoms with Gasteiger partial charge in [0.05, 0.1) is 38.6 Å². The van der Waals surface area contributed by atoms with Crippen molar-refractivity contribution in [1.29, 1.82) is 0 Å². The molecule has 3 atom stereocenters. The summed E-state index contributed by atoms with van der Waals surface area (Å²) in [4.78, 5) is 15.3. The van der Waals surface area contributed by atoms with Crippen LogP contribution in [0.5, 0.6) is 17.2 Å². The third-order valence-electron chi connectivity index (χ3n) is 7.07. The van der Waals surface area contributed by atoms with E-state index in [-0.39, 0.29) is 17.9 Å². The van der Waals surface area contributed by atoms with Crippen LogP contribution in [0, 0.1) is 5.92 Å². The number of methoxy groups -OCH3 is 3. The highest BCUT2D eigenvalue weighted by molar-refractivity contribution is 6.01. The van der Waals surface area contributed by atoms with E-state index in [0.29, 0.717) is 23.2 Å². The van der Waals surface area contributed by atoms with Gasteiger partial charge in [-0.1, -0.05) is 24.3 Å². The third-order valence-corrected chi connectivity index (χ3v) is 7.07. The van der Waals surface area contributed by atoms with Crippen LogP contribution in [0.25, 0.3) is 0 Å². The lowest BCUT2D eigenvalue weighted by Crippen LogP contribution is -2.33. The summed E-state index contributed by atoms with van der Waals surface area (Å²) in [6.07, 6.45) is 7.68. The Kier molecular flexibility index (Phi) is 5.45. The normalized spacial score (nSPS) is 23.3. The number of carbonyl (C=O) groups excluding carboxylic acids is 1. The van der Waals surface area contributed by atoms with Gasteiger partial charge in [-0.05, 0) is 54.5 Å². The van der Waals surface area contributed by atoms with E-state index in [1.165, 1.54) is 5.56 Å². The number of para-hydroxylation sites is 1. The minimum absolute atomic E-state index is 0.0173. The topological polar surface area (TPSA) is 60.0 Å². The Morgan fingerprint density at radius 1 is 1.03 bits per heavy atom. The van der Waals surface area contributed by atoms with Gasteiger partial charge in [-0.2, -0.15) is 0 Å². The molecule has 0 spiro atoms. The van der Waals surface area contributed by atoms with Crippen LogP contribution in [0.2, 0.25) is 0 Å². The highest BCUT2D eigenvalue weighted by Gasteiger charge is 2.40. The number of rotatable bonds is 5. The summed E-state index contributed by atoms with van der Waals surface area (Å²) in [7, 11) is 4.89. The van der Waals surface area contributed by atoms with Crippen molar-refractivity contribution in [2.75, 3.05) is 39.7 Å².